The van der Waals surface area contributed by atoms with Gasteiger partial charge in [-0.25, -0.2) is 9.19 Å². The number of carbonyl (C=O) groups is 1. The van der Waals surface area contributed by atoms with E-state index in [4.69, 9.17) is 9.72 Å². The lowest BCUT2D eigenvalue weighted by atomic mass is 10.0. The fraction of sp³-hybridized carbons (Fsp3) is 0.200. The molecule has 1 aliphatic heterocycles. The van der Waals surface area contributed by atoms with Crippen molar-refractivity contribution >= 4 is 26.5 Å². The standard InChI is InChI=1S/C30H27N5O3S/c1-35-19-26(21-12-14-31-15-13-21)29(33-35)22-8-10-24(11-9-22)38-20-28-25(18-23-6-2-3-7-27(23)32-28)30(36)34-39(37)16-4-5-17-39/h2-3,6-15,18-19H,4-5,16-17,20H2,1H3. The van der Waals surface area contributed by atoms with Crippen LogP contribution in [-0.4, -0.2) is 41.4 Å². The van der Waals surface area contributed by atoms with Crippen LogP contribution in [-0.2, 0) is 23.4 Å². The molecule has 0 aliphatic carbocycles. The summed E-state index contributed by atoms with van der Waals surface area (Å²) in [6, 6.07) is 21.0. The van der Waals surface area contributed by atoms with Crippen LogP contribution in [0.25, 0.3) is 33.3 Å². The Morgan fingerprint density at radius 3 is 2.51 bits per heavy atom. The van der Waals surface area contributed by atoms with E-state index in [1.165, 1.54) is 0 Å². The molecule has 6 rings (SSSR count). The molecule has 0 spiro atoms. The van der Waals surface area contributed by atoms with Crippen molar-refractivity contribution in [3.63, 3.8) is 0 Å². The maximum atomic E-state index is 13.2. The third kappa shape index (κ3) is 5.31. The molecular weight excluding hydrogens is 510 g/mol. The summed E-state index contributed by atoms with van der Waals surface area (Å²) in [5.74, 6) is 1.08. The van der Waals surface area contributed by atoms with Gasteiger partial charge < -0.3 is 4.74 Å². The van der Waals surface area contributed by atoms with Crippen LogP contribution in [0.1, 0.15) is 28.9 Å². The summed E-state index contributed by atoms with van der Waals surface area (Å²) < 4.78 is 25.0. The van der Waals surface area contributed by atoms with Gasteiger partial charge in [-0.3, -0.25) is 14.5 Å². The molecule has 1 fully saturated rings. The van der Waals surface area contributed by atoms with Crippen molar-refractivity contribution in [2.75, 3.05) is 11.5 Å². The quantitative estimate of drug-likeness (QED) is 0.276. The molecule has 196 valence electrons. The number of aromatic nitrogens is 4. The normalized spacial score (nSPS) is 14.4. The van der Waals surface area contributed by atoms with E-state index in [1.807, 2.05) is 73.9 Å². The average molecular weight is 538 g/mol. The van der Waals surface area contributed by atoms with Gasteiger partial charge in [0.05, 0.1) is 26.5 Å². The van der Waals surface area contributed by atoms with Crippen LogP contribution in [0, 0.1) is 0 Å². The zero-order chi connectivity index (χ0) is 26.8. The Morgan fingerprint density at radius 2 is 1.74 bits per heavy atom. The third-order valence-corrected chi connectivity index (χ3v) is 9.13. The van der Waals surface area contributed by atoms with E-state index in [1.54, 1.807) is 23.1 Å². The number of carbonyl (C=O) groups excluding carboxylic acids is 1. The lowest BCUT2D eigenvalue weighted by molar-refractivity contribution is 0.100. The van der Waals surface area contributed by atoms with Crippen LogP contribution >= 0.6 is 0 Å². The Morgan fingerprint density at radius 1 is 1.00 bits per heavy atom. The van der Waals surface area contributed by atoms with Crippen molar-refractivity contribution in [3.05, 3.63) is 96.6 Å². The summed E-state index contributed by atoms with van der Waals surface area (Å²) >= 11 is 0. The van der Waals surface area contributed by atoms with Crippen LogP contribution in [0.5, 0.6) is 5.75 Å². The molecule has 9 heteroatoms. The molecule has 8 nitrogen and oxygen atoms in total. The number of pyridine rings is 2. The van der Waals surface area contributed by atoms with Crippen LogP contribution in [0.2, 0.25) is 0 Å². The number of aryl methyl sites for hydroxylation is 1. The molecule has 1 amide bonds. The Balaban J connectivity index is 1.27. The Kier molecular flexibility index (Phi) is 6.66. The molecule has 0 unspecified atom stereocenters. The van der Waals surface area contributed by atoms with E-state index in [0.29, 0.717) is 28.5 Å². The second-order valence-electron chi connectivity index (χ2n) is 9.57. The second kappa shape index (κ2) is 10.4. The molecule has 0 N–H and O–H groups in total. The molecule has 0 radical (unpaired) electrons. The van der Waals surface area contributed by atoms with Crippen molar-refractivity contribution in [2.24, 2.45) is 11.4 Å². The molecule has 0 bridgehead atoms. The van der Waals surface area contributed by atoms with E-state index >= 15 is 0 Å². The Hall–Kier alpha value is -4.37. The summed E-state index contributed by atoms with van der Waals surface area (Å²) in [6.45, 7) is 0.0772. The van der Waals surface area contributed by atoms with Gasteiger partial charge in [0.1, 0.15) is 18.1 Å². The first-order chi connectivity index (χ1) is 19.0. The first-order valence-corrected chi connectivity index (χ1v) is 14.7. The first-order valence-electron chi connectivity index (χ1n) is 12.8. The zero-order valence-corrected chi connectivity index (χ0v) is 22.3. The number of hydrogen-bond acceptors (Lipinski definition) is 6. The van der Waals surface area contributed by atoms with E-state index < -0.39 is 15.6 Å². The second-order valence-corrected chi connectivity index (χ2v) is 12.1. The minimum atomic E-state index is -2.50. The lowest BCUT2D eigenvalue weighted by Gasteiger charge is -2.11. The smallest absolute Gasteiger partial charge is 0.287 e. The van der Waals surface area contributed by atoms with Crippen molar-refractivity contribution in [3.8, 4) is 28.1 Å². The molecule has 0 atom stereocenters. The van der Waals surface area contributed by atoms with Crippen LogP contribution in [0.4, 0.5) is 0 Å². The van der Waals surface area contributed by atoms with Crippen molar-refractivity contribution in [1.82, 2.24) is 19.7 Å². The molecule has 0 saturated carbocycles. The van der Waals surface area contributed by atoms with Gasteiger partial charge in [-0.2, -0.15) is 9.46 Å². The fourth-order valence-corrected chi connectivity index (χ4v) is 6.90. The van der Waals surface area contributed by atoms with Crippen LogP contribution < -0.4 is 4.74 Å². The predicted molar refractivity (Wildman–Crippen MR) is 152 cm³/mol. The number of ether oxygens (including phenoxy) is 1. The van der Waals surface area contributed by atoms with Crippen LogP contribution in [0.3, 0.4) is 0 Å². The van der Waals surface area contributed by atoms with E-state index in [0.717, 1.165) is 46.1 Å². The summed E-state index contributed by atoms with van der Waals surface area (Å²) in [7, 11) is -0.597. The van der Waals surface area contributed by atoms with Crippen LogP contribution in [0.15, 0.2) is 89.7 Å². The highest BCUT2D eigenvalue weighted by atomic mass is 32.2. The van der Waals surface area contributed by atoms with Gasteiger partial charge in [0.25, 0.3) is 5.91 Å². The molecule has 39 heavy (non-hydrogen) atoms. The van der Waals surface area contributed by atoms with E-state index in [9.17, 15) is 9.00 Å². The minimum absolute atomic E-state index is 0.0772. The third-order valence-electron chi connectivity index (χ3n) is 6.78. The molecule has 1 saturated heterocycles. The number of para-hydroxylation sites is 1. The molecule has 3 aromatic heterocycles. The summed E-state index contributed by atoms with van der Waals surface area (Å²) in [4.78, 5) is 22.0. The number of nitrogens with zero attached hydrogens (tertiary/aromatic N) is 5. The van der Waals surface area contributed by atoms with E-state index in [-0.39, 0.29) is 6.61 Å². The number of fused-ring (bicyclic) bond motifs is 1. The maximum Gasteiger partial charge on any atom is 0.287 e. The summed E-state index contributed by atoms with van der Waals surface area (Å²) in [5.41, 5.74) is 5.43. The van der Waals surface area contributed by atoms with Gasteiger partial charge in [-0.15, -0.1) is 0 Å². The average Bonchev–Trinajstić information content (AvgIpc) is 3.57. The first kappa shape index (κ1) is 24.9. The van der Waals surface area contributed by atoms with Gasteiger partial charge in [-0.1, -0.05) is 18.2 Å². The summed E-state index contributed by atoms with van der Waals surface area (Å²) in [5, 5.41) is 5.49. The van der Waals surface area contributed by atoms with E-state index in [2.05, 4.69) is 14.4 Å². The lowest BCUT2D eigenvalue weighted by Crippen LogP contribution is -2.11. The number of amides is 1. The van der Waals surface area contributed by atoms with Gasteiger partial charge in [0.2, 0.25) is 0 Å². The summed E-state index contributed by atoms with van der Waals surface area (Å²) in [6.07, 6.45) is 7.19. The van der Waals surface area contributed by atoms with Crippen molar-refractivity contribution < 1.29 is 13.7 Å². The molecule has 1 aliphatic rings. The molecule has 5 aromatic rings. The highest BCUT2D eigenvalue weighted by Gasteiger charge is 2.21. The highest BCUT2D eigenvalue weighted by Crippen LogP contribution is 2.31. The molecule has 2 aromatic carbocycles. The minimum Gasteiger partial charge on any atom is -0.487 e. The topological polar surface area (TPSA) is 99.3 Å². The predicted octanol–water partition coefficient (Wildman–Crippen LogP) is 5.68. The van der Waals surface area contributed by atoms with Crippen molar-refractivity contribution in [1.29, 1.82) is 0 Å². The monoisotopic (exact) mass is 537 g/mol. The maximum absolute atomic E-state index is 13.2. The largest absolute Gasteiger partial charge is 0.487 e. The highest BCUT2D eigenvalue weighted by molar-refractivity contribution is 7.94. The van der Waals surface area contributed by atoms with Gasteiger partial charge >= 0.3 is 0 Å². The molecular formula is C30H27N5O3S. The fourth-order valence-electron chi connectivity index (χ4n) is 4.80. The number of benzene rings is 2. The van der Waals surface area contributed by atoms with Gasteiger partial charge in [0, 0.05) is 53.7 Å². The number of hydrogen-bond donors (Lipinski definition) is 0. The SMILES string of the molecule is Cn1cc(-c2ccncc2)c(-c2ccc(OCc3nc4ccccc4cc3C(=O)N=S3(=O)CCCC3)cc2)n1. The van der Waals surface area contributed by atoms with Crippen molar-refractivity contribution in [2.45, 2.75) is 19.4 Å². The Bertz CT molecular complexity index is 1780. The molecule has 4 heterocycles. The van der Waals surface area contributed by atoms with Gasteiger partial charge in [-0.05, 0) is 66.9 Å². The Labute approximate surface area is 226 Å². The number of rotatable bonds is 6. The zero-order valence-electron chi connectivity index (χ0n) is 21.5. The van der Waals surface area contributed by atoms with Gasteiger partial charge in [0.15, 0.2) is 0 Å².